The van der Waals surface area contributed by atoms with E-state index in [9.17, 15) is 9.90 Å². The fourth-order valence-electron chi connectivity index (χ4n) is 1.89. The minimum absolute atomic E-state index is 0.0301. The molecule has 0 saturated heterocycles. The molecule has 1 N–H and O–H groups in total. The Morgan fingerprint density at radius 1 is 1.40 bits per heavy atom. The number of hydrogen-bond donors (Lipinski definition) is 1. The molecule has 0 unspecified atom stereocenters. The van der Waals surface area contributed by atoms with Gasteiger partial charge in [-0.25, -0.2) is 0 Å². The van der Waals surface area contributed by atoms with Crippen molar-refractivity contribution in [3.8, 4) is 0 Å². The van der Waals surface area contributed by atoms with Crippen LogP contribution < -0.4 is 0 Å². The molecule has 0 bridgehead atoms. The fraction of sp³-hybridized carbons (Fsp3) is 0.875. The third kappa shape index (κ3) is 0.717. The molecule has 2 fully saturated rings. The maximum absolute atomic E-state index is 11.3. The molecule has 2 nitrogen and oxygen atoms in total. The van der Waals surface area contributed by atoms with Crippen molar-refractivity contribution in [2.24, 2.45) is 5.41 Å². The van der Waals surface area contributed by atoms with Gasteiger partial charge in [0.25, 0.3) is 0 Å². The van der Waals surface area contributed by atoms with Gasteiger partial charge in [0, 0.05) is 5.41 Å². The molecule has 0 aliphatic heterocycles. The molecule has 1 atom stereocenters. The number of carbonyl (C=O) groups is 1. The summed E-state index contributed by atoms with van der Waals surface area (Å²) in [4.78, 5) is 11.3. The van der Waals surface area contributed by atoms with Crippen molar-refractivity contribution < 1.29 is 9.90 Å². The second kappa shape index (κ2) is 1.82. The van der Waals surface area contributed by atoms with E-state index in [0.717, 1.165) is 25.7 Å². The second-order valence-electron chi connectivity index (χ2n) is 3.55. The average molecular weight is 140 g/mol. The van der Waals surface area contributed by atoms with Gasteiger partial charge in [-0.1, -0.05) is 0 Å². The molecular formula is C8H12O2. The van der Waals surface area contributed by atoms with E-state index in [-0.39, 0.29) is 11.2 Å². The van der Waals surface area contributed by atoms with E-state index in [1.165, 1.54) is 0 Å². The van der Waals surface area contributed by atoms with Gasteiger partial charge in [-0.2, -0.15) is 0 Å². The largest absolute Gasteiger partial charge is 0.385 e. The van der Waals surface area contributed by atoms with Crippen LogP contribution in [0.15, 0.2) is 0 Å². The molecule has 2 aliphatic carbocycles. The van der Waals surface area contributed by atoms with Gasteiger partial charge in [0.15, 0.2) is 5.78 Å². The van der Waals surface area contributed by atoms with E-state index >= 15 is 0 Å². The first-order chi connectivity index (χ1) is 4.75. The first-order valence-corrected chi connectivity index (χ1v) is 3.97. The van der Waals surface area contributed by atoms with Crippen LogP contribution in [0.25, 0.3) is 0 Å². The van der Waals surface area contributed by atoms with Crippen molar-refractivity contribution in [2.75, 3.05) is 0 Å². The van der Waals surface area contributed by atoms with Crippen molar-refractivity contribution in [3.63, 3.8) is 0 Å². The molecule has 0 aromatic heterocycles. The first-order valence-electron chi connectivity index (χ1n) is 3.97. The van der Waals surface area contributed by atoms with Crippen molar-refractivity contribution >= 4 is 5.78 Å². The van der Waals surface area contributed by atoms with E-state index in [1.54, 1.807) is 0 Å². The van der Waals surface area contributed by atoms with Crippen LogP contribution in [0.4, 0.5) is 0 Å². The zero-order chi connectivity index (χ0) is 7.19. The number of carbonyl (C=O) groups excluding carboxylic acids is 1. The van der Waals surface area contributed by atoms with Crippen LogP contribution in [0.2, 0.25) is 0 Å². The molecule has 2 aliphatic rings. The van der Waals surface area contributed by atoms with Gasteiger partial charge in [0.1, 0.15) is 6.10 Å². The summed E-state index contributed by atoms with van der Waals surface area (Å²) in [5.41, 5.74) is -0.0301. The molecule has 0 amide bonds. The molecule has 56 valence electrons. The van der Waals surface area contributed by atoms with Crippen molar-refractivity contribution in [3.05, 3.63) is 0 Å². The van der Waals surface area contributed by atoms with Gasteiger partial charge in [0.2, 0.25) is 0 Å². The highest BCUT2D eigenvalue weighted by atomic mass is 16.3. The number of Topliss-reactive ketones (excluding diaryl/α,β-unsaturated/α-hetero) is 1. The molecule has 0 heterocycles. The van der Waals surface area contributed by atoms with Crippen LogP contribution in [-0.2, 0) is 4.79 Å². The Morgan fingerprint density at radius 3 is 2.60 bits per heavy atom. The molecule has 2 heteroatoms. The number of ketones is 1. The summed E-state index contributed by atoms with van der Waals surface area (Å²) in [5.74, 6) is 0.124. The molecular weight excluding hydrogens is 128 g/mol. The zero-order valence-electron chi connectivity index (χ0n) is 5.97. The van der Waals surface area contributed by atoms with E-state index < -0.39 is 6.10 Å². The zero-order valence-corrected chi connectivity index (χ0v) is 5.97. The monoisotopic (exact) mass is 140 g/mol. The number of aliphatic hydroxyl groups is 1. The van der Waals surface area contributed by atoms with Gasteiger partial charge < -0.3 is 5.11 Å². The Labute approximate surface area is 60.2 Å². The van der Waals surface area contributed by atoms with Crippen LogP contribution in [-0.4, -0.2) is 17.0 Å². The van der Waals surface area contributed by atoms with Crippen LogP contribution in [0, 0.1) is 5.41 Å². The Bertz CT molecular complexity index is 170. The molecule has 2 saturated carbocycles. The summed E-state index contributed by atoms with van der Waals surface area (Å²) >= 11 is 0. The third-order valence-electron chi connectivity index (χ3n) is 2.81. The highest BCUT2D eigenvalue weighted by Gasteiger charge is 2.52. The molecule has 0 aromatic rings. The molecule has 1 spiro atoms. The highest BCUT2D eigenvalue weighted by molar-refractivity contribution is 5.91. The third-order valence-corrected chi connectivity index (χ3v) is 2.81. The normalized spacial score (nSPS) is 36.5. The Morgan fingerprint density at radius 2 is 2.10 bits per heavy atom. The lowest BCUT2D eigenvalue weighted by Gasteiger charge is -2.23. The van der Waals surface area contributed by atoms with Crippen LogP contribution in [0.5, 0.6) is 0 Å². The molecule has 2 rings (SSSR count). The van der Waals surface area contributed by atoms with E-state index in [0.29, 0.717) is 6.42 Å². The lowest BCUT2D eigenvalue weighted by atomic mass is 9.83. The van der Waals surface area contributed by atoms with Gasteiger partial charge in [-0.3, -0.25) is 4.79 Å². The summed E-state index contributed by atoms with van der Waals surface area (Å²) in [5, 5.41) is 9.20. The SMILES string of the molecule is O=C1[C@@H](O)CCCC12CC2. The Balaban J connectivity index is 2.15. The van der Waals surface area contributed by atoms with Crippen LogP contribution in [0.1, 0.15) is 32.1 Å². The maximum Gasteiger partial charge on any atom is 0.167 e. The van der Waals surface area contributed by atoms with Crippen molar-refractivity contribution in [1.82, 2.24) is 0 Å². The molecule has 0 aromatic carbocycles. The smallest absolute Gasteiger partial charge is 0.167 e. The van der Waals surface area contributed by atoms with Gasteiger partial charge >= 0.3 is 0 Å². The summed E-state index contributed by atoms with van der Waals surface area (Å²) in [6.07, 6.45) is 4.19. The van der Waals surface area contributed by atoms with E-state index in [2.05, 4.69) is 0 Å². The Hall–Kier alpha value is -0.370. The number of aliphatic hydroxyl groups excluding tert-OH is 1. The molecule has 10 heavy (non-hydrogen) atoms. The molecule has 0 radical (unpaired) electrons. The van der Waals surface area contributed by atoms with Crippen LogP contribution in [0.3, 0.4) is 0 Å². The number of hydrogen-bond acceptors (Lipinski definition) is 2. The number of rotatable bonds is 0. The van der Waals surface area contributed by atoms with Crippen molar-refractivity contribution in [1.29, 1.82) is 0 Å². The fourth-order valence-corrected chi connectivity index (χ4v) is 1.89. The summed E-state index contributed by atoms with van der Waals surface area (Å²) in [6.45, 7) is 0. The highest BCUT2D eigenvalue weighted by Crippen LogP contribution is 2.53. The summed E-state index contributed by atoms with van der Waals surface area (Å²) < 4.78 is 0. The predicted octanol–water partition coefficient (Wildman–Crippen LogP) is 0.881. The van der Waals surface area contributed by atoms with Gasteiger partial charge in [-0.05, 0) is 32.1 Å². The standard InChI is InChI=1S/C8H12O2/c9-6-2-1-3-8(4-5-8)7(6)10/h6,9H,1-5H2/t6-/m0/s1. The van der Waals surface area contributed by atoms with Crippen LogP contribution >= 0.6 is 0 Å². The first kappa shape index (κ1) is 6.35. The lowest BCUT2D eigenvalue weighted by Crippen LogP contribution is -2.33. The quantitative estimate of drug-likeness (QED) is 0.542. The van der Waals surface area contributed by atoms with Crippen molar-refractivity contribution in [2.45, 2.75) is 38.2 Å². The maximum atomic E-state index is 11.3. The minimum atomic E-state index is -0.628. The topological polar surface area (TPSA) is 37.3 Å². The summed E-state index contributed by atoms with van der Waals surface area (Å²) in [7, 11) is 0. The van der Waals surface area contributed by atoms with E-state index in [1.807, 2.05) is 0 Å². The lowest BCUT2D eigenvalue weighted by molar-refractivity contribution is -0.135. The second-order valence-corrected chi connectivity index (χ2v) is 3.55. The predicted molar refractivity (Wildman–Crippen MR) is 36.5 cm³/mol. The average Bonchev–Trinajstić information content (AvgIpc) is 2.65. The van der Waals surface area contributed by atoms with E-state index in [4.69, 9.17) is 0 Å². The summed E-state index contributed by atoms with van der Waals surface area (Å²) in [6, 6.07) is 0. The Kier molecular flexibility index (Phi) is 1.15. The minimum Gasteiger partial charge on any atom is -0.385 e. The van der Waals surface area contributed by atoms with Gasteiger partial charge in [0.05, 0.1) is 0 Å². The van der Waals surface area contributed by atoms with Gasteiger partial charge in [-0.15, -0.1) is 0 Å².